The van der Waals surface area contributed by atoms with Gasteiger partial charge in [0.15, 0.2) is 0 Å². The average molecular weight is 375 g/mol. The molecule has 0 atom stereocenters. The molecule has 0 spiro atoms. The van der Waals surface area contributed by atoms with Crippen LogP contribution < -0.4 is 10.5 Å². The van der Waals surface area contributed by atoms with E-state index in [4.69, 9.17) is 5.14 Å². The lowest BCUT2D eigenvalue weighted by atomic mass is 10.1. The maximum Gasteiger partial charge on any atom is 0.251 e. The van der Waals surface area contributed by atoms with Gasteiger partial charge >= 0.3 is 0 Å². The van der Waals surface area contributed by atoms with Gasteiger partial charge in [-0.25, -0.2) is 13.6 Å². The highest BCUT2D eigenvalue weighted by molar-refractivity contribution is 9.10. The Bertz CT molecular complexity index is 654. The molecule has 0 saturated heterocycles. The number of carbonyl (C=O) groups is 1. The van der Waals surface area contributed by atoms with Gasteiger partial charge in [0.25, 0.3) is 5.91 Å². The first-order valence-electron chi connectivity index (χ1n) is 6.90. The van der Waals surface area contributed by atoms with Gasteiger partial charge in [-0.3, -0.25) is 4.79 Å². The van der Waals surface area contributed by atoms with E-state index in [0.29, 0.717) is 22.1 Å². The van der Waals surface area contributed by atoms with E-state index < -0.39 is 10.0 Å². The van der Waals surface area contributed by atoms with Gasteiger partial charge in [-0.1, -0.05) is 28.8 Å². The molecule has 1 aromatic carbocycles. The number of carbonyl (C=O) groups excluding carboxylic acids is 1. The molecular weight excluding hydrogens is 356 g/mol. The number of hydrogen-bond donors (Lipinski definition) is 2. The van der Waals surface area contributed by atoms with Crippen molar-refractivity contribution < 1.29 is 13.2 Å². The zero-order valence-electron chi connectivity index (χ0n) is 11.9. The molecule has 0 aromatic heterocycles. The topological polar surface area (TPSA) is 89.3 Å². The fraction of sp³-hybridized carbons (Fsp3) is 0.500. The summed E-state index contributed by atoms with van der Waals surface area (Å²) in [6.45, 7) is 2.19. The predicted octanol–water partition coefficient (Wildman–Crippen LogP) is 2.32. The number of halogens is 1. The Kier molecular flexibility index (Phi) is 5.06. The molecule has 0 heterocycles. The molecule has 1 aliphatic carbocycles. The van der Waals surface area contributed by atoms with Gasteiger partial charge in [-0.05, 0) is 43.4 Å². The highest BCUT2D eigenvalue weighted by atomic mass is 79.9. The Morgan fingerprint density at radius 3 is 2.67 bits per heavy atom. The second-order valence-electron chi connectivity index (χ2n) is 5.46. The molecule has 21 heavy (non-hydrogen) atoms. The first-order valence-corrected chi connectivity index (χ1v) is 9.24. The highest BCUT2D eigenvalue weighted by Gasteiger charge is 2.21. The first-order chi connectivity index (χ1) is 9.79. The normalized spacial score (nSPS) is 15.0. The van der Waals surface area contributed by atoms with Crippen molar-refractivity contribution in [2.75, 3.05) is 6.54 Å². The monoisotopic (exact) mass is 374 g/mol. The number of sulfonamides is 1. The molecular formula is C14H19BrN2O3S. The van der Waals surface area contributed by atoms with Crippen molar-refractivity contribution in [2.24, 2.45) is 11.1 Å². The summed E-state index contributed by atoms with van der Waals surface area (Å²) >= 11 is 3.22. The summed E-state index contributed by atoms with van der Waals surface area (Å²) in [4.78, 5) is 12.2. The lowest BCUT2D eigenvalue weighted by Gasteiger charge is -2.11. The molecule has 1 amide bonds. The maximum absolute atomic E-state index is 12.2. The summed E-state index contributed by atoms with van der Waals surface area (Å²) in [5.74, 6) is 0.568. The van der Waals surface area contributed by atoms with E-state index in [9.17, 15) is 13.2 Å². The molecule has 5 nitrogen and oxygen atoms in total. The van der Waals surface area contributed by atoms with Crippen LogP contribution in [-0.4, -0.2) is 20.9 Å². The minimum atomic E-state index is -3.85. The Labute approximate surface area is 133 Å². The Hall–Kier alpha value is -0.920. The van der Waals surface area contributed by atoms with Crippen molar-refractivity contribution >= 4 is 31.9 Å². The molecule has 0 bridgehead atoms. The van der Waals surface area contributed by atoms with E-state index in [1.807, 2.05) is 0 Å². The van der Waals surface area contributed by atoms with Crippen LogP contribution >= 0.6 is 15.9 Å². The van der Waals surface area contributed by atoms with Crippen LogP contribution in [0, 0.1) is 12.8 Å². The maximum atomic E-state index is 12.2. The molecule has 1 aromatic rings. The Morgan fingerprint density at radius 2 is 2.10 bits per heavy atom. The summed E-state index contributed by atoms with van der Waals surface area (Å²) in [6, 6.07) is 3.02. The minimum absolute atomic E-state index is 0.0278. The van der Waals surface area contributed by atoms with Gasteiger partial charge in [0.05, 0.1) is 4.90 Å². The van der Waals surface area contributed by atoms with Crippen LogP contribution in [0.5, 0.6) is 0 Å². The molecule has 0 radical (unpaired) electrons. The van der Waals surface area contributed by atoms with E-state index >= 15 is 0 Å². The molecule has 116 valence electrons. The molecule has 1 fully saturated rings. The van der Waals surface area contributed by atoms with E-state index in [1.165, 1.54) is 18.9 Å². The van der Waals surface area contributed by atoms with Gasteiger partial charge < -0.3 is 5.32 Å². The van der Waals surface area contributed by atoms with Crippen LogP contribution in [0.2, 0.25) is 0 Å². The number of benzene rings is 1. The largest absolute Gasteiger partial charge is 0.352 e. The second kappa shape index (κ2) is 6.46. The number of rotatable bonds is 6. The third-order valence-electron chi connectivity index (χ3n) is 3.65. The number of amides is 1. The van der Waals surface area contributed by atoms with Crippen LogP contribution in [0.3, 0.4) is 0 Å². The average Bonchev–Trinajstić information content (AvgIpc) is 3.19. The number of nitrogens with one attached hydrogen (secondary N) is 1. The molecule has 0 aliphatic heterocycles. The smallest absolute Gasteiger partial charge is 0.251 e. The van der Waals surface area contributed by atoms with Crippen LogP contribution in [0.4, 0.5) is 0 Å². The predicted molar refractivity (Wildman–Crippen MR) is 84.5 cm³/mol. The zero-order chi connectivity index (χ0) is 15.6. The summed E-state index contributed by atoms with van der Waals surface area (Å²) in [6.07, 6.45) is 4.69. The molecule has 2 rings (SSSR count). The molecule has 1 saturated carbocycles. The van der Waals surface area contributed by atoms with Crippen molar-refractivity contribution in [3.63, 3.8) is 0 Å². The SMILES string of the molecule is Cc1c(C(=O)NCCCC2CC2)cc(Br)cc1S(N)(=O)=O. The van der Waals surface area contributed by atoms with Crippen molar-refractivity contribution in [3.05, 3.63) is 27.7 Å². The van der Waals surface area contributed by atoms with Crippen molar-refractivity contribution in [1.82, 2.24) is 5.32 Å². The number of primary sulfonamides is 1. The zero-order valence-corrected chi connectivity index (χ0v) is 14.3. The summed E-state index contributed by atoms with van der Waals surface area (Å²) in [5, 5.41) is 8.01. The van der Waals surface area contributed by atoms with Gasteiger partial charge in [0.2, 0.25) is 10.0 Å². The molecule has 1 aliphatic rings. The molecule has 7 heteroatoms. The molecule has 3 N–H and O–H groups in total. The van der Waals surface area contributed by atoms with Crippen molar-refractivity contribution in [3.8, 4) is 0 Å². The van der Waals surface area contributed by atoms with Crippen molar-refractivity contribution in [2.45, 2.75) is 37.5 Å². The van der Waals surface area contributed by atoms with Gasteiger partial charge in [0, 0.05) is 16.6 Å². The lowest BCUT2D eigenvalue weighted by Crippen LogP contribution is -2.26. The van der Waals surface area contributed by atoms with E-state index in [0.717, 1.165) is 18.8 Å². The summed E-state index contributed by atoms with van der Waals surface area (Å²) in [5.41, 5.74) is 0.709. The third kappa shape index (κ3) is 4.52. The number of nitrogens with two attached hydrogens (primary N) is 1. The first kappa shape index (κ1) is 16.5. The van der Waals surface area contributed by atoms with Crippen molar-refractivity contribution in [1.29, 1.82) is 0 Å². The van der Waals surface area contributed by atoms with Crippen LogP contribution in [0.25, 0.3) is 0 Å². The quantitative estimate of drug-likeness (QED) is 0.748. The van der Waals surface area contributed by atoms with Gasteiger partial charge in [0.1, 0.15) is 0 Å². The van der Waals surface area contributed by atoms with Gasteiger partial charge in [-0.15, -0.1) is 0 Å². The third-order valence-corrected chi connectivity index (χ3v) is 5.14. The van der Waals surface area contributed by atoms with E-state index in [2.05, 4.69) is 21.2 Å². The minimum Gasteiger partial charge on any atom is -0.352 e. The summed E-state index contributed by atoms with van der Waals surface area (Å²) < 4.78 is 23.6. The highest BCUT2D eigenvalue weighted by Crippen LogP contribution is 2.33. The fourth-order valence-electron chi connectivity index (χ4n) is 2.28. The van der Waals surface area contributed by atoms with Crippen LogP contribution in [0.15, 0.2) is 21.5 Å². The number of hydrogen-bond acceptors (Lipinski definition) is 3. The summed E-state index contributed by atoms with van der Waals surface area (Å²) in [7, 11) is -3.85. The lowest BCUT2D eigenvalue weighted by molar-refractivity contribution is 0.0952. The Balaban J connectivity index is 2.10. The van der Waals surface area contributed by atoms with Crippen LogP contribution in [0.1, 0.15) is 41.6 Å². The van der Waals surface area contributed by atoms with Crippen LogP contribution in [-0.2, 0) is 10.0 Å². The second-order valence-corrected chi connectivity index (χ2v) is 7.91. The van der Waals surface area contributed by atoms with E-state index in [-0.39, 0.29) is 10.8 Å². The standard InChI is InChI=1S/C14H19BrN2O3S/c1-9-12(7-11(15)8-13(9)21(16,19)20)14(18)17-6-2-3-10-4-5-10/h7-8,10H,2-6H2,1H3,(H,17,18)(H2,16,19,20). The Morgan fingerprint density at radius 1 is 1.43 bits per heavy atom. The van der Waals surface area contributed by atoms with Gasteiger partial charge in [-0.2, -0.15) is 0 Å². The fourth-order valence-corrected chi connectivity index (χ4v) is 3.72. The molecule has 0 unspecified atom stereocenters. The van der Waals surface area contributed by atoms with E-state index in [1.54, 1.807) is 13.0 Å².